The molecule has 2 aromatic carbocycles. The number of nitrogens with one attached hydrogen (secondary N) is 1. The first kappa shape index (κ1) is 18.0. The van der Waals surface area contributed by atoms with Gasteiger partial charge in [0.05, 0.1) is 5.56 Å². The van der Waals surface area contributed by atoms with Crippen molar-refractivity contribution in [2.24, 2.45) is 0 Å². The molecule has 0 unspecified atom stereocenters. The number of amides is 1. The van der Waals surface area contributed by atoms with Crippen LogP contribution in [0.15, 0.2) is 42.5 Å². The topological polar surface area (TPSA) is 32.3 Å². The molecule has 1 aliphatic rings. The standard InChI is InChI=1S/C20H19F3N2O/c1-3-25(4-2)15-8-5-13(6-9-15)11-17-16-10-7-14(20(21,22)23)12-18(16)24-19(17)26/h5-12H,3-4H2,1-2H3,(H,24,26)/b17-11+. The summed E-state index contributed by atoms with van der Waals surface area (Å²) in [5.41, 5.74) is 2.17. The Hall–Kier alpha value is -2.76. The summed E-state index contributed by atoms with van der Waals surface area (Å²) in [5, 5.41) is 2.51. The van der Waals surface area contributed by atoms with Gasteiger partial charge in [0.25, 0.3) is 5.91 Å². The van der Waals surface area contributed by atoms with E-state index in [1.165, 1.54) is 6.07 Å². The van der Waals surface area contributed by atoms with Crippen LogP contribution in [0.2, 0.25) is 0 Å². The van der Waals surface area contributed by atoms with Crippen LogP contribution in [0, 0.1) is 0 Å². The van der Waals surface area contributed by atoms with Crippen LogP contribution in [0.1, 0.15) is 30.5 Å². The van der Waals surface area contributed by atoms with Crippen LogP contribution < -0.4 is 10.2 Å². The van der Waals surface area contributed by atoms with Crippen LogP contribution in [0.5, 0.6) is 0 Å². The second kappa shape index (κ2) is 6.86. The number of carbonyl (C=O) groups is 1. The number of nitrogens with zero attached hydrogens (tertiary/aromatic N) is 1. The molecule has 0 atom stereocenters. The van der Waals surface area contributed by atoms with Gasteiger partial charge in [0, 0.05) is 35.6 Å². The summed E-state index contributed by atoms with van der Waals surface area (Å²) < 4.78 is 38.5. The molecule has 0 saturated heterocycles. The van der Waals surface area contributed by atoms with Gasteiger partial charge in [-0.25, -0.2) is 0 Å². The van der Waals surface area contributed by atoms with Crippen LogP contribution in [0.3, 0.4) is 0 Å². The van der Waals surface area contributed by atoms with Gasteiger partial charge in [0.2, 0.25) is 0 Å². The molecule has 3 nitrogen and oxygen atoms in total. The molecule has 1 amide bonds. The molecule has 6 heteroatoms. The Labute approximate surface area is 150 Å². The molecule has 0 aliphatic carbocycles. The van der Waals surface area contributed by atoms with Crippen LogP contribution in [-0.4, -0.2) is 19.0 Å². The van der Waals surface area contributed by atoms with Gasteiger partial charge in [0.1, 0.15) is 0 Å². The fourth-order valence-electron chi connectivity index (χ4n) is 3.05. The number of rotatable bonds is 4. The average Bonchev–Trinajstić information content (AvgIpc) is 2.91. The Balaban J connectivity index is 1.92. The highest BCUT2D eigenvalue weighted by Crippen LogP contribution is 2.38. The lowest BCUT2D eigenvalue weighted by Gasteiger charge is -2.20. The van der Waals surface area contributed by atoms with Crippen molar-refractivity contribution < 1.29 is 18.0 Å². The minimum absolute atomic E-state index is 0.191. The number of fused-ring (bicyclic) bond motifs is 1. The maximum atomic E-state index is 12.8. The van der Waals surface area contributed by atoms with Gasteiger partial charge in [-0.15, -0.1) is 0 Å². The van der Waals surface area contributed by atoms with Gasteiger partial charge in [0.15, 0.2) is 0 Å². The lowest BCUT2D eigenvalue weighted by Crippen LogP contribution is -2.21. The molecule has 0 fully saturated rings. The molecule has 2 aromatic rings. The van der Waals surface area contributed by atoms with E-state index in [4.69, 9.17) is 0 Å². The second-order valence-electron chi connectivity index (χ2n) is 6.03. The molecule has 1 aliphatic heterocycles. The minimum Gasteiger partial charge on any atom is -0.372 e. The summed E-state index contributed by atoms with van der Waals surface area (Å²) in [6, 6.07) is 11.0. The number of benzene rings is 2. The van der Waals surface area contributed by atoms with Gasteiger partial charge in [-0.05, 0) is 49.8 Å². The van der Waals surface area contributed by atoms with Crippen LogP contribution in [-0.2, 0) is 11.0 Å². The lowest BCUT2D eigenvalue weighted by molar-refractivity contribution is -0.137. The number of alkyl halides is 3. The average molecular weight is 360 g/mol. The highest BCUT2D eigenvalue weighted by molar-refractivity contribution is 6.34. The number of halogens is 3. The van der Waals surface area contributed by atoms with Crippen molar-refractivity contribution in [3.05, 3.63) is 59.2 Å². The molecular formula is C20H19F3N2O. The second-order valence-corrected chi connectivity index (χ2v) is 6.03. The highest BCUT2D eigenvalue weighted by atomic mass is 19.4. The van der Waals surface area contributed by atoms with E-state index in [-0.39, 0.29) is 5.69 Å². The number of hydrogen-bond donors (Lipinski definition) is 1. The smallest absolute Gasteiger partial charge is 0.372 e. The fraction of sp³-hybridized carbons (Fsp3) is 0.250. The molecule has 0 radical (unpaired) electrons. The molecule has 0 saturated carbocycles. The molecule has 3 rings (SSSR count). The van der Waals surface area contributed by atoms with E-state index in [1.807, 2.05) is 24.3 Å². The third-order valence-corrected chi connectivity index (χ3v) is 4.46. The van der Waals surface area contributed by atoms with Gasteiger partial charge in [-0.2, -0.15) is 13.2 Å². The van der Waals surface area contributed by atoms with E-state index in [1.54, 1.807) is 6.08 Å². The first-order valence-corrected chi connectivity index (χ1v) is 8.43. The quantitative estimate of drug-likeness (QED) is 0.775. The molecule has 136 valence electrons. The zero-order chi connectivity index (χ0) is 18.9. The maximum Gasteiger partial charge on any atom is 0.416 e. The number of carbonyl (C=O) groups excluding carboxylic acids is 1. The summed E-state index contributed by atoms with van der Waals surface area (Å²) in [6.45, 7) is 5.95. The first-order valence-electron chi connectivity index (χ1n) is 8.43. The SMILES string of the molecule is CCN(CC)c1ccc(/C=C2/C(=O)Nc3cc(C(F)(F)F)ccc32)cc1. The normalized spacial score (nSPS) is 15.1. The van der Waals surface area contributed by atoms with Gasteiger partial charge >= 0.3 is 6.18 Å². The Morgan fingerprint density at radius 3 is 2.27 bits per heavy atom. The molecule has 1 N–H and O–H groups in total. The molecule has 0 bridgehead atoms. The van der Waals surface area contributed by atoms with Gasteiger partial charge < -0.3 is 10.2 Å². The van der Waals surface area contributed by atoms with E-state index >= 15 is 0 Å². The molecular weight excluding hydrogens is 341 g/mol. The van der Waals surface area contributed by atoms with Crippen molar-refractivity contribution in [3.8, 4) is 0 Å². The van der Waals surface area contributed by atoms with Crippen molar-refractivity contribution in [2.75, 3.05) is 23.3 Å². The van der Waals surface area contributed by atoms with Gasteiger partial charge in [-0.3, -0.25) is 4.79 Å². The predicted octanol–water partition coefficient (Wildman–Crippen LogP) is 5.04. The molecule has 0 spiro atoms. The molecule has 26 heavy (non-hydrogen) atoms. The molecule has 1 heterocycles. The fourth-order valence-corrected chi connectivity index (χ4v) is 3.05. The largest absolute Gasteiger partial charge is 0.416 e. The molecule has 0 aromatic heterocycles. The maximum absolute atomic E-state index is 12.8. The van der Waals surface area contributed by atoms with Crippen LogP contribution in [0.25, 0.3) is 11.6 Å². The Morgan fingerprint density at radius 2 is 1.69 bits per heavy atom. The summed E-state index contributed by atoms with van der Waals surface area (Å²) in [4.78, 5) is 14.4. The van der Waals surface area contributed by atoms with Gasteiger partial charge in [-0.1, -0.05) is 18.2 Å². The van der Waals surface area contributed by atoms with E-state index in [9.17, 15) is 18.0 Å². The van der Waals surface area contributed by atoms with E-state index in [0.717, 1.165) is 36.5 Å². The summed E-state index contributed by atoms with van der Waals surface area (Å²) in [6.07, 6.45) is -2.74. The Kier molecular flexibility index (Phi) is 4.76. The summed E-state index contributed by atoms with van der Waals surface area (Å²) in [5.74, 6) is -0.396. The predicted molar refractivity (Wildman–Crippen MR) is 97.9 cm³/mol. The highest BCUT2D eigenvalue weighted by Gasteiger charge is 2.33. The zero-order valence-electron chi connectivity index (χ0n) is 14.5. The Morgan fingerprint density at radius 1 is 1.04 bits per heavy atom. The van der Waals surface area contributed by atoms with Crippen molar-refractivity contribution >= 4 is 28.9 Å². The Bertz CT molecular complexity index is 850. The minimum atomic E-state index is -4.44. The van der Waals surface area contributed by atoms with E-state index < -0.39 is 17.6 Å². The van der Waals surface area contributed by atoms with Crippen molar-refractivity contribution in [3.63, 3.8) is 0 Å². The zero-order valence-corrected chi connectivity index (χ0v) is 14.5. The summed E-state index contributed by atoms with van der Waals surface area (Å²) in [7, 11) is 0. The third-order valence-electron chi connectivity index (χ3n) is 4.46. The first-order chi connectivity index (χ1) is 12.3. The van der Waals surface area contributed by atoms with Crippen molar-refractivity contribution in [2.45, 2.75) is 20.0 Å². The number of anilines is 2. The van der Waals surface area contributed by atoms with E-state index in [0.29, 0.717) is 11.1 Å². The summed E-state index contributed by atoms with van der Waals surface area (Å²) >= 11 is 0. The monoisotopic (exact) mass is 360 g/mol. The lowest BCUT2D eigenvalue weighted by atomic mass is 10.0. The van der Waals surface area contributed by atoms with E-state index in [2.05, 4.69) is 24.1 Å². The van der Waals surface area contributed by atoms with Crippen molar-refractivity contribution in [1.82, 2.24) is 0 Å². The number of hydrogen-bond acceptors (Lipinski definition) is 2. The third kappa shape index (κ3) is 3.45. The van der Waals surface area contributed by atoms with Crippen LogP contribution in [0.4, 0.5) is 24.5 Å². The van der Waals surface area contributed by atoms with Crippen LogP contribution >= 0.6 is 0 Å². The van der Waals surface area contributed by atoms with Crippen molar-refractivity contribution in [1.29, 1.82) is 0 Å².